The Labute approximate surface area is 186 Å². The van der Waals surface area contributed by atoms with Gasteiger partial charge in [0.05, 0.1) is 29.1 Å². The highest BCUT2D eigenvalue weighted by Crippen LogP contribution is 2.29. The van der Waals surface area contributed by atoms with Crippen LogP contribution >= 0.6 is 11.6 Å². The molecule has 0 bridgehead atoms. The van der Waals surface area contributed by atoms with Crippen LogP contribution in [-0.4, -0.2) is 53.2 Å². The molecule has 3 aromatic rings. The van der Waals surface area contributed by atoms with Gasteiger partial charge in [-0.2, -0.15) is 8.78 Å². The summed E-state index contributed by atoms with van der Waals surface area (Å²) in [7, 11) is 0. The lowest BCUT2D eigenvalue weighted by molar-refractivity contribution is -0.133. The molecule has 1 aliphatic heterocycles. The van der Waals surface area contributed by atoms with E-state index in [0.29, 0.717) is 42.1 Å². The number of hydrogen-bond acceptors (Lipinski definition) is 6. The number of H-pyrrole nitrogens is 1. The molecule has 0 spiro atoms. The number of para-hydroxylation sites is 1. The molecular formula is C21H19ClF2N4O4. The monoisotopic (exact) mass is 464 g/mol. The van der Waals surface area contributed by atoms with Crippen molar-refractivity contribution in [2.24, 2.45) is 0 Å². The fraction of sp³-hybridized carbons (Fsp3) is 0.286. The molecule has 1 amide bonds. The molecule has 1 saturated heterocycles. The number of amides is 1. The second-order valence-corrected chi connectivity index (χ2v) is 7.54. The molecular weight excluding hydrogens is 446 g/mol. The fourth-order valence-corrected chi connectivity index (χ4v) is 3.64. The lowest BCUT2D eigenvalue weighted by Crippen LogP contribution is -2.47. The highest BCUT2D eigenvalue weighted by Gasteiger charge is 2.27. The van der Waals surface area contributed by atoms with Gasteiger partial charge < -0.3 is 19.8 Å². The van der Waals surface area contributed by atoms with E-state index in [0.717, 1.165) is 0 Å². The van der Waals surface area contributed by atoms with Crippen molar-refractivity contribution >= 4 is 34.1 Å². The molecule has 1 unspecified atom stereocenters. The zero-order chi connectivity index (χ0) is 22.7. The van der Waals surface area contributed by atoms with Crippen molar-refractivity contribution in [2.75, 3.05) is 25.0 Å². The van der Waals surface area contributed by atoms with E-state index in [-0.39, 0.29) is 22.9 Å². The standard InChI is InChI=1S/C21H19ClF2N4O4/c22-14-9-12(5-6-16(14)32-21(23)24)25-20(30)17-10-28(7-8-31-17)11-18-26-15-4-2-1-3-13(15)19(29)27-18/h1-6,9,17,21H,7-8,10-11H2,(H,25,30)(H,26,27,29). The van der Waals surface area contributed by atoms with E-state index in [1.54, 1.807) is 18.2 Å². The Morgan fingerprint density at radius 1 is 1.34 bits per heavy atom. The van der Waals surface area contributed by atoms with Crippen molar-refractivity contribution < 1.29 is 23.0 Å². The van der Waals surface area contributed by atoms with Crippen LogP contribution in [0.4, 0.5) is 14.5 Å². The Morgan fingerprint density at radius 3 is 2.94 bits per heavy atom. The third-order valence-electron chi connectivity index (χ3n) is 4.89. The Hall–Kier alpha value is -3.08. The van der Waals surface area contributed by atoms with Gasteiger partial charge in [-0.3, -0.25) is 14.5 Å². The molecule has 0 aliphatic carbocycles. The summed E-state index contributed by atoms with van der Waals surface area (Å²) in [5.41, 5.74) is 0.706. The highest BCUT2D eigenvalue weighted by molar-refractivity contribution is 6.32. The van der Waals surface area contributed by atoms with E-state index in [1.165, 1.54) is 18.2 Å². The number of nitrogens with one attached hydrogen (secondary N) is 2. The van der Waals surface area contributed by atoms with E-state index in [2.05, 4.69) is 20.0 Å². The SMILES string of the molecule is O=C(Nc1ccc(OC(F)F)c(Cl)c1)C1CN(Cc2nc3ccccc3c(=O)[nH]2)CCO1. The fourth-order valence-electron chi connectivity index (χ4n) is 3.42. The van der Waals surface area contributed by atoms with E-state index < -0.39 is 18.6 Å². The largest absolute Gasteiger partial charge is 0.433 e. The van der Waals surface area contributed by atoms with Gasteiger partial charge in [-0.1, -0.05) is 23.7 Å². The third kappa shape index (κ3) is 5.21. The number of nitrogens with zero attached hydrogens (tertiary/aromatic N) is 2. The summed E-state index contributed by atoms with van der Waals surface area (Å²) in [6.07, 6.45) is -0.772. The van der Waals surface area contributed by atoms with Gasteiger partial charge in [-0.15, -0.1) is 0 Å². The predicted molar refractivity (Wildman–Crippen MR) is 114 cm³/mol. The molecule has 0 saturated carbocycles. The minimum Gasteiger partial charge on any atom is -0.433 e. The normalized spacial score (nSPS) is 16.9. The number of rotatable bonds is 6. The van der Waals surface area contributed by atoms with Crippen molar-refractivity contribution in [3.8, 4) is 5.75 Å². The number of benzene rings is 2. The molecule has 32 heavy (non-hydrogen) atoms. The summed E-state index contributed by atoms with van der Waals surface area (Å²) < 4.78 is 34.6. The molecule has 2 heterocycles. The molecule has 2 aromatic carbocycles. The average Bonchev–Trinajstić information content (AvgIpc) is 2.76. The molecule has 1 aromatic heterocycles. The summed E-state index contributed by atoms with van der Waals surface area (Å²) in [6.45, 7) is -1.49. The predicted octanol–water partition coefficient (Wildman–Crippen LogP) is 3.02. The van der Waals surface area contributed by atoms with Crippen LogP contribution in [0.2, 0.25) is 5.02 Å². The summed E-state index contributed by atoms with van der Waals surface area (Å²) in [5.74, 6) is -0.0962. The first-order valence-corrected chi connectivity index (χ1v) is 10.1. The first-order valence-electron chi connectivity index (χ1n) is 9.76. The molecule has 1 atom stereocenters. The van der Waals surface area contributed by atoms with Gasteiger partial charge in [0.15, 0.2) is 0 Å². The van der Waals surface area contributed by atoms with Crippen LogP contribution < -0.4 is 15.6 Å². The first kappa shape index (κ1) is 22.1. The van der Waals surface area contributed by atoms with Crippen LogP contribution in [-0.2, 0) is 16.1 Å². The van der Waals surface area contributed by atoms with Crippen molar-refractivity contribution in [2.45, 2.75) is 19.3 Å². The summed E-state index contributed by atoms with van der Waals surface area (Å²) in [4.78, 5) is 34.1. The number of aromatic nitrogens is 2. The lowest BCUT2D eigenvalue weighted by atomic mass is 10.2. The minimum atomic E-state index is -3.00. The van der Waals surface area contributed by atoms with Crippen molar-refractivity contribution in [3.05, 3.63) is 63.7 Å². The maximum atomic E-state index is 12.6. The second-order valence-electron chi connectivity index (χ2n) is 7.14. The maximum absolute atomic E-state index is 12.6. The van der Waals surface area contributed by atoms with Crippen LogP contribution in [0.1, 0.15) is 5.82 Å². The molecule has 1 aliphatic rings. The van der Waals surface area contributed by atoms with Crippen molar-refractivity contribution in [1.29, 1.82) is 0 Å². The topological polar surface area (TPSA) is 96.5 Å². The number of morpholine rings is 1. The molecule has 1 fully saturated rings. The second kappa shape index (κ2) is 9.60. The molecule has 0 radical (unpaired) electrons. The van der Waals surface area contributed by atoms with E-state index in [1.807, 2.05) is 11.0 Å². The Kier molecular flexibility index (Phi) is 6.63. The number of halogens is 3. The van der Waals surface area contributed by atoms with Crippen molar-refractivity contribution in [3.63, 3.8) is 0 Å². The minimum absolute atomic E-state index is 0.0550. The number of alkyl halides is 2. The third-order valence-corrected chi connectivity index (χ3v) is 5.19. The van der Waals surface area contributed by atoms with Crippen LogP contribution in [0, 0.1) is 0 Å². The summed E-state index contributed by atoms with van der Waals surface area (Å²) >= 11 is 5.93. The average molecular weight is 465 g/mol. The number of carbonyl (C=O) groups is 1. The number of anilines is 1. The van der Waals surface area contributed by atoms with Crippen LogP contribution in [0.25, 0.3) is 10.9 Å². The van der Waals surface area contributed by atoms with Gasteiger partial charge >= 0.3 is 6.61 Å². The maximum Gasteiger partial charge on any atom is 0.387 e. The zero-order valence-electron chi connectivity index (χ0n) is 16.7. The van der Waals surface area contributed by atoms with Crippen LogP contribution in [0.15, 0.2) is 47.3 Å². The van der Waals surface area contributed by atoms with Gasteiger partial charge in [-0.25, -0.2) is 4.98 Å². The van der Waals surface area contributed by atoms with Gasteiger partial charge in [-0.05, 0) is 30.3 Å². The molecule has 11 heteroatoms. The number of hydrogen-bond donors (Lipinski definition) is 2. The number of carbonyl (C=O) groups excluding carboxylic acids is 1. The van der Waals surface area contributed by atoms with Gasteiger partial charge in [0.25, 0.3) is 11.5 Å². The smallest absolute Gasteiger partial charge is 0.387 e. The van der Waals surface area contributed by atoms with Gasteiger partial charge in [0.2, 0.25) is 0 Å². The summed E-state index contributed by atoms with van der Waals surface area (Å²) in [6, 6.07) is 11.0. The molecule has 168 valence electrons. The van der Waals surface area contributed by atoms with E-state index in [9.17, 15) is 18.4 Å². The molecule has 2 N–H and O–H groups in total. The van der Waals surface area contributed by atoms with Crippen LogP contribution in [0.5, 0.6) is 5.75 Å². The Balaban J connectivity index is 1.40. The van der Waals surface area contributed by atoms with E-state index >= 15 is 0 Å². The van der Waals surface area contributed by atoms with Crippen molar-refractivity contribution in [1.82, 2.24) is 14.9 Å². The quantitative estimate of drug-likeness (QED) is 0.582. The van der Waals surface area contributed by atoms with E-state index in [4.69, 9.17) is 16.3 Å². The molecule has 8 nitrogen and oxygen atoms in total. The molecule has 4 rings (SSSR count). The summed E-state index contributed by atoms with van der Waals surface area (Å²) in [5, 5.41) is 3.12. The van der Waals surface area contributed by atoms with Gasteiger partial charge in [0.1, 0.15) is 17.7 Å². The van der Waals surface area contributed by atoms with Crippen LogP contribution in [0.3, 0.4) is 0 Å². The first-order chi connectivity index (χ1) is 15.4. The lowest BCUT2D eigenvalue weighted by Gasteiger charge is -2.31. The number of fused-ring (bicyclic) bond motifs is 1. The zero-order valence-corrected chi connectivity index (χ0v) is 17.4. The number of aromatic amines is 1. The highest BCUT2D eigenvalue weighted by atomic mass is 35.5. The van der Waals surface area contributed by atoms with Gasteiger partial charge in [0, 0.05) is 18.8 Å². The Morgan fingerprint density at radius 2 is 2.16 bits per heavy atom. The number of ether oxygens (including phenoxy) is 2. The Bertz CT molecular complexity index is 1190.